The molecule has 0 saturated heterocycles. The minimum Gasteiger partial charge on any atom is -0.507 e. The van der Waals surface area contributed by atoms with E-state index in [0.717, 1.165) is 16.4 Å². The van der Waals surface area contributed by atoms with Crippen molar-refractivity contribution < 1.29 is 31.9 Å². The number of fused-ring (bicyclic) bond motifs is 1. The van der Waals surface area contributed by atoms with Crippen LogP contribution >= 0.6 is 0 Å². The van der Waals surface area contributed by atoms with E-state index in [1.165, 1.54) is 31.6 Å². The lowest BCUT2D eigenvalue weighted by Gasteiger charge is -2.17. The second-order valence-electron chi connectivity index (χ2n) is 7.85. The number of hydrogen-bond donors (Lipinski definition) is 3. The highest BCUT2D eigenvalue weighted by Gasteiger charge is 2.27. The molecule has 2 aromatic carbocycles. The average molecular weight is 515 g/mol. The average Bonchev–Trinajstić information content (AvgIpc) is 3.28. The SMILES string of the molecule is CCN(C)S(=O)(=O)Nc1ccc(F)c(C(=O)c2c[nH]c3ncc(-c4ccc(C=O)c(O)c4)cc23)c1F. The Morgan fingerprint density at radius 3 is 2.61 bits per heavy atom. The third-order valence-corrected chi connectivity index (χ3v) is 7.24. The fraction of sp³-hybridized carbons (Fsp3) is 0.125. The number of aromatic nitrogens is 2. The first-order valence-corrected chi connectivity index (χ1v) is 12.0. The molecule has 0 saturated carbocycles. The van der Waals surface area contributed by atoms with E-state index in [1.54, 1.807) is 19.1 Å². The highest BCUT2D eigenvalue weighted by molar-refractivity contribution is 7.90. The number of hydrogen-bond acceptors (Lipinski definition) is 6. The first-order valence-electron chi connectivity index (χ1n) is 10.6. The van der Waals surface area contributed by atoms with Gasteiger partial charge in [0.05, 0.1) is 16.8 Å². The third kappa shape index (κ3) is 4.43. The Morgan fingerprint density at radius 1 is 1.19 bits per heavy atom. The van der Waals surface area contributed by atoms with Crippen molar-refractivity contribution >= 4 is 39.0 Å². The van der Waals surface area contributed by atoms with Gasteiger partial charge in [0.1, 0.15) is 17.2 Å². The molecule has 9 nitrogen and oxygen atoms in total. The lowest BCUT2D eigenvalue weighted by molar-refractivity contribution is 0.103. The van der Waals surface area contributed by atoms with Crippen molar-refractivity contribution in [1.82, 2.24) is 14.3 Å². The zero-order valence-electron chi connectivity index (χ0n) is 19.0. The van der Waals surface area contributed by atoms with Gasteiger partial charge in [-0.15, -0.1) is 0 Å². The fourth-order valence-corrected chi connectivity index (χ4v) is 4.46. The second kappa shape index (κ2) is 9.47. The van der Waals surface area contributed by atoms with Crippen LogP contribution in [0, 0.1) is 11.6 Å². The highest BCUT2D eigenvalue weighted by atomic mass is 32.2. The van der Waals surface area contributed by atoms with Crippen LogP contribution in [-0.4, -0.2) is 53.5 Å². The molecular formula is C24H20F2N4O5S. The molecule has 186 valence electrons. The maximum absolute atomic E-state index is 15.2. The molecule has 0 aliphatic heterocycles. The molecule has 0 atom stereocenters. The van der Waals surface area contributed by atoms with Gasteiger partial charge in [0, 0.05) is 42.5 Å². The topological polar surface area (TPSA) is 132 Å². The van der Waals surface area contributed by atoms with Crippen molar-refractivity contribution in [3.05, 3.63) is 77.1 Å². The molecule has 2 heterocycles. The number of carbonyl (C=O) groups is 2. The van der Waals surface area contributed by atoms with Gasteiger partial charge in [0.2, 0.25) is 5.78 Å². The van der Waals surface area contributed by atoms with Gasteiger partial charge in [-0.05, 0) is 35.9 Å². The number of carbonyl (C=O) groups excluding carboxylic acids is 2. The Kier molecular flexibility index (Phi) is 6.57. The van der Waals surface area contributed by atoms with E-state index in [0.29, 0.717) is 17.4 Å². The smallest absolute Gasteiger partial charge is 0.301 e. The fourth-order valence-electron chi connectivity index (χ4n) is 3.53. The predicted molar refractivity (Wildman–Crippen MR) is 129 cm³/mol. The van der Waals surface area contributed by atoms with Crippen LogP contribution in [0.25, 0.3) is 22.2 Å². The lowest BCUT2D eigenvalue weighted by Crippen LogP contribution is -2.32. The summed E-state index contributed by atoms with van der Waals surface area (Å²) in [6.07, 6.45) is 3.21. The monoisotopic (exact) mass is 514 g/mol. The van der Waals surface area contributed by atoms with Gasteiger partial charge in [-0.3, -0.25) is 14.3 Å². The van der Waals surface area contributed by atoms with Crippen molar-refractivity contribution in [3.8, 4) is 16.9 Å². The summed E-state index contributed by atoms with van der Waals surface area (Å²) < 4.78 is 57.5. The van der Waals surface area contributed by atoms with Crippen LogP contribution < -0.4 is 4.72 Å². The zero-order chi connectivity index (χ0) is 26.2. The Balaban J connectivity index is 1.78. The van der Waals surface area contributed by atoms with E-state index in [-0.39, 0.29) is 34.5 Å². The van der Waals surface area contributed by atoms with E-state index in [4.69, 9.17) is 0 Å². The summed E-state index contributed by atoms with van der Waals surface area (Å²) in [4.78, 5) is 31.2. The van der Waals surface area contributed by atoms with Gasteiger partial charge in [-0.25, -0.2) is 13.8 Å². The van der Waals surface area contributed by atoms with Crippen molar-refractivity contribution in [2.24, 2.45) is 0 Å². The van der Waals surface area contributed by atoms with Gasteiger partial charge < -0.3 is 10.1 Å². The minimum absolute atomic E-state index is 0.0943. The number of rotatable bonds is 8. The molecule has 0 spiro atoms. The van der Waals surface area contributed by atoms with Gasteiger partial charge >= 0.3 is 10.2 Å². The van der Waals surface area contributed by atoms with Gasteiger partial charge in [0.25, 0.3) is 0 Å². The van der Waals surface area contributed by atoms with Crippen LogP contribution in [0.3, 0.4) is 0 Å². The van der Waals surface area contributed by atoms with Gasteiger partial charge in [-0.1, -0.05) is 13.0 Å². The summed E-state index contributed by atoms with van der Waals surface area (Å²) >= 11 is 0. The van der Waals surface area contributed by atoms with Gasteiger partial charge in [-0.2, -0.15) is 12.7 Å². The molecule has 0 bridgehead atoms. The molecule has 0 fully saturated rings. The normalized spacial score (nSPS) is 11.7. The Hall–Kier alpha value is -4.16. The first-order chi connectivity index (χ1) is 17.1. The third-order valence-electron chi connectivity index (χ3n) is 5.68. The van der Waals surface area contributed by atoms with Crippen LogP contribution in [0.1, 0.15) is 33.2 Å². The summed E-state index contributed by atoms with van der Waals surface area (Å²) in [5.74, 6) is -3.80. The number of aromatic amines is 1. The van der Waals surface area contributed by atoms with Gasteiger partial charge in [0.15, 0.2) is 12.1 Å². The molecule has 0 radical (unpaired) electrons. The summed E-state index contributed by atoms with van der Waals surface area (Å²) in [6.45, 7) is 1.68. The molecule has 36 heavy (non-hydrogen) atoms. The molecular weight excluding hydrogens is 494 g/mol. The molecule has 3 N–H and O–H groups in total. The second-order valence-corrected chi connectivity index (χ2v) is 9.63. The minimum atomic E-state index is -4.12. The Labute approximate surface area is 204 Å². The molecule has 0 amide bonds. The number of nitrogens with one attached hydrogen (secondary N) is 2. The lowest BCUT2D eigenvalue weighted by atomic mass is 9.99. The number of phenolic OH excluding ortho intramolecular Hbond substituents is 1. The Morgan fingerprint density at radius 2 is 1.94 bits per heavy atom. The van der Waals surface area contributed by atoms with E-state index in [2.05, 4.69) is 9.97 Å². The van der Waals surface area contributed by atoms with Crippen molar-refractivity contribution in [3.63, 3.8) is 0 Å². The number of benzene rings is 2. The van der Waals surface area contributed by atoms with Crippen molar-refractivity contribution in [2.75, 3.05) is 18.3 Å². The highest BCUT2D eigenvalue weighted by Crippen LogP contribution is 2.31. The largest absolute Gasteiger partial charge is 0.507 e. The summed E-state index contributed by atoms with van der Waals surface area (Å²) in [5, 5.41) is 10.2. The molecule has 0 aliphatic rings. The van der Waals surface area contributed by atoms with Crippen molar-refractivity contribution in [2.45, 2.75) is 6.92 Å². The number of anilines is 1. The van der Waals surface area contributed by atoms with E-state index in [1.807, 2.05) is 4.72 Å². The van der Waals surface area contributed by atoms with Crippen LogP contribution in [0.4, 0.5) is 14.5 Å². The number of aldehydes is 1. The summed E-state index contributed by atoms with van der Waals surface area (Å²) in [5.41, 5.74) is -0.306. The van der Waals surface area contributed by atoms with Crippen LogP contribution in [0.2, 0.25) is 0 Å². The van der Waals surface area contributed by atoms with E-state index >= 15 is 4.39 Å². The molecule has 0 aliphatic carbocycles. The van der Waals surface area contributed by atoms with Crippen LogP contribution in [0.5, 0.6) is 5.75 Å². The van der Waals surface area contributed by atoms with Crippen LogP contribution in [0.15, 0.2) is 48.8 Å². The summed E-state index contributed by atoms with van der Waals surface area (Å²) in [7, 11) is -2.85. The quantitative estimate of drug-likeness (QED) is 0.242. The van der Waals surface area contributed by atoms with E-state index < -0.39 is 38.9 Å². The first kappa shape index (κ1) is 24.9. The molecule has 12 heteroatoms. The van der Waals surface area contributed by atoms with Crippen LogP contribution in [-0.2, 0) is 10.2 Å². The standard InChI is InChI=1S/C24H20F2N4O5S/c1-3-30(2)36(34,35)29-19-7-6-18(25)21(22(19)26)23(33)17-11-28-24-16(17)8-15(10-27-24)13-4-5-14(12-31)20(32)9-13/h4-12,29,32H,3H2,1-2H3,(H,27,28). The molecule has 2 aromatic heterocycles. The van der Waals surface area contributed by atoms with Crippen molar-refractivity contribution in [1.29, 1.82) is 0 Å². The number of halogens is 2. The molecule has 4 aromatic rings. The number of H-pyrrole nitrogens is 1. The number of pyridine rings is 1. The predicted octanol–water partition coefficient (Wildman–Crippen LogP) is 3.87. The number of ketones is 1. The zero-order valence-corrected chi connectivity index (χ0v) is 19.9. The Bertz CT molecular complexity index is 1620. The molecule has 0 unspecified atom stereocenters. The number of phenols is 1. The maximum atomic E-state index is 15.2. The number of nitrogens with zero attached hydrogens (tertiary/aromatic N) is 2. The summed E-state index contributed by atoms with van der Waals surface area (Å²) in [6, 6.07) is 7.58. The number of aromatic hydroxyl groups is 1. The van der Waals surface area contributed by atoms with E-state index in [9.17, 15) is 27.5 Å². The maximum Gasteiger partial charge on any atom is 0.301 e. The molecule has 4 rings (SSSR count).